The van der Waals surface area contributed by atoms with Crippen molar-refractivity contribution < 1.29 is 4.79 Å². The SMILES string of the molecule is CN=C(NCC(=O)NC1CC1)NC1CCN(c2ccc(Br)cc2)C1. The highest BCUT2D eigenvalue weighted by Gasteiger charge is 2.25. The standard InChI is InChI=1S/C17H24BrN5O/c1-19-17(20-10-16(24)21-13-4-5-13)22-14-8-9-23(11-14)15-6-2-12(18)3-7-15/h2-3,6-7,13-14H,4-5,8-11H2,1H3,(H,21,24)(H2,19,20,22). The molecule has 0 spiro atoms. The van der Waals surface area contributed by atoms with E-state index in [-0.39, 0.29) is 12.5 Å². The second kappa shape index (κ2) is 7.88. The molecule has 7 heteroatoms. The molecule has 1 saturated carbocycles. The van der Waals surface area contributed by atoms with Crippen LogP contribution in [0.2, 0.25) is 0 Å². The third-order valence-electron chi connectivity index (χ3n) is 4.30. The molecular weight excluding hydrogens is 370 g/mol. The number of halogens is 1. The van der Waals surface area contributed by atoms with E-state index in [4.69, 9.17) is 0 Å². The molecule has 130 valence electrons. The van der Waals surface area contributed by atoms with Gasteiger partial charge in [0.05, 0.1) is 6.54 Å². The van der Waals surface area contributed by atoms with Gasteiger partial charge in [-0.3, -0.25) is 9.79 Å². The van der Waals surface area contributed by atoms with Crippen LogP contribution in [0.1, 0.15) is 19.3 Å². The topological polar surface area (TPSA) is 68.8 Å². The molecule has 1 heterocycles. The van der Waals surface area contributed by atoms with Crippen LogP contribution >= 0.6 is 15.9 Å². The van der Waals surface area contributed by atoms with Gasteiger partial charge >= 0.3 is 0 Å². The Morgan fingerprint density at radius 3 is 2.62 bits per heavy atom. The van der Waals surface area contributed by atoms with Crippen molar-refractivity contribution in [2.45, 2.75) is 31.3 Å². The zero-order valence-electron chi connectivity index (χ0n) is 13.9. The average molecular weight is 394 g/mol. The molecule has 0 aromatic heterocycles. The normalized spacial score (nSPS) is 20.8. The van der Waals surface area contributed by atoms with Gasteiger partial charge in [-0.05, 0) is 43.5 Å². The van der Waals surface area contributed by atoms with E-state index >= 15 is 0 Å². The summed E-state index contributed by atoms with van der Waals surface area (Å²) in [5.41, 5.74) is 1.23. The fourth-order valence-corrected chi connectivity index (χ4v) is 3.09. The summed E-state index contributed by atoms with van der Waals surface area (Å²) in [4.78, 5) is 18.3. The Morgan fingerprint density at radius 2 is 1.96 bits per heavy atom. The van der Waals surface area contributed by atoms with Crippen LogP contribution < -0.4 is 20.9 Å². The van der Waals surface area contributed by atoms with E-state index in [2.05, 4.69) is 66.0 Å². The Kier molecular flexibility index (Phi) is 5.60. The zero-order valence-corrected chi connectivity index (χ0v) is 15.5. The van der Waals surface area contributed by atoms with Crippen LogP contribution in [0.25, 0.3) is 0 Å². The summed E-state index contributed by atoms with van der Waals surface area (Å²) in [7, 11) is 1.73. The van der Waals surface area contributed by atoms with Gasteiger partial charge in [0.2, 0.25) is 5.91 Å². The number of aliphatic imine (C=N–C) groups is 1. The highest BCUT2D eigenvalue weighted by molar-refractivity contribution is 9.10. The molecule has 24 heavy (non-hydrogen) atoms. The maximum atomic E-state index is 11.7. The molecule has 1 aromatic rings. The summed E-state index contributed by atoms with van der Waals surface area (Å²) >= 11 is 3.47. The minimum atomic E-state index is 0.0309. The van der Waals surface area contributed by atoms with E-state index in [1.165, 1.54) is 5.69 Å². The molecule has 0 bridgehead atoms. The number of amides is 1. The van der Waals surface area contributed by atoms with Crippen molar-refractivity contribution in [2.24, 2.45) is 4.99 Å². The number of carbonyl (C=O) groups is 1. The van der Waals surface area contributed by atoms with E-state index in [1.807, 2.05) is 0 Å². The number of carbonyl (C=O) groups excluding carboxylic acids is 1. The fourth-order valence-electron chi connectivity index (χ4n) is 2.82. The van der Waals surface area contributed by atoms with Crippen LogP contribution in [0.3, 0.4) is 0 Å². The van der Waals surface area contributed by atoms with Gasteiger partial charge in [-0.25, -0.2) is 0 Å². The number of benzene rings is 1. The second-order valence-electron chi connectivity index (χ2n) is 6.32. The molecule has 1 aromatic carbocycles. The number of nitrogens with one attached hydrogen (secondary N) is 3. The number of nitrogens with zero attached hydrogens (tertiary/aromatic N) is 2. The van der Waals surface area contributed by atoms with Crippen molar-refractivity contribution in [3.8, 4) is 0 Å². The number of hydrogen-bond acceptors (Lipinski definition) is 3. The number of hydrogen-bond donors (Lipinski definition) is 3. The molecule has 2 fully saturated rings. The van der Waals surface area contributed by atoms with Crippen molar-refractivity contribution >= 4 is 33.5 Å². The molecule has 3 N–H and O–H groups in total. The summed E-state index contributed by atoms with van der Waals surface area (Å²) in [6.45, 7) is 2.20. The Bertz CT molecular complexity index is 600. The van der Waals surface area contributed by atoms with Crippen molar-refractivity contribution in [1.82, 2.24) is 16.0 Å². The van der Waals surface area contributed by atoms with E-state index < -0.39 is 0 Å². The van der Waals surface area contributed by atoms with Gasteiger partial charge < -0.3 is 20.9 Å². The highest BCUT2D eigenvalue weighted by Crippen LogP contribution is 2.22. The Balaban J connectivity index is 1.44. The van der Waals surface area contributed by atoms with Crippen LogP contribution in [0.15, 0.2) is 33.7 Å². The largest absolute Gasteiger partial charge is 0.369 e. The summed E-state index contributed by atoms with van der Waals surface area (Å²) in [5, 5.41) is 9.47. The summed E-state index contributed by atoms with van der Waals surface area (Å²) in [6.07, 6.45) is 3.25. The van der Waals surface area contributed by atoms with Gasteiger partial charge in [-0.2, -0.15) is 0 Å². The maximum absolute atomic E-state index is 11.7. The van der Waals surface area contributed by atoms with Gasteiger partial charge in [0, 0.05) is 42.4 Å². The Labute approximate surface area is 151 Å². The number of rotatable bonds is 5. The van der Waals surface area contributed by atoms with Crippen molar-refractivity contribution in [3.05, 3.63) is 28.7 Å². The monoisotopic (exact) mass is 393 g/mol. The van der Waals surface area contributed by atoms with E-state index in [9.17, 15) is 4.79 Å². The van der Waals surface area contributed by atoms with Crippen molar-refractivity contribution in [3.63, 3.8) is 0 Å². The van der Waals surface area contributed by atoms with E-state index in [0.29, 0.717) is 18.0 Å². The molecule has 2 aliphatic rings. The molecule has 0 radical (unpaired) electrons. The van der Waals surface area contributed by atoms with Gasteiger partial charge in [0.25, 0.3) is 0 Å². The van der Waals surface area contributed by atoms with Crippen LogP contribution in [0, 0.1) is 0 Å². The Morgan fingerprint density at radius 1 is 1.21 bits per heavy atom. The molecule has 1 atom stereocenters. The minimum Gasteiger partial charge on any atom is -0.369 e. The lowest BCUT2D eigenvalue weighted by Gasteiger charge is -2.20. The van der Waals surface area contributed by atoms with Crippen molar-refractivity contribution in [2.75, 3.05) is 31.6 Å². The molecule has 1 unspecified atom stereocenters. The lowest BCUT2D eigenvalue weighted by molar-refractivity contribution is -0.120. The van der Waals surface area contributed by atoms with Gasteiger partial charge in [0.15, 0.2) is 5.96 Å². The lowest BCUT2D eigenvalue weighted by atomic mass is 10.3. The number of anilines is 1. The van der Waals surface area contributed by atoms with Crippen LogP contribution in [0.4, 0.5) is 5.69 Å². The maximum Gasteiger partial charge on any atom is 0.239 e. The molecule has 1 amide bonds. The van der Waals surface area contributed by atoms with Gasteiger partial charge in [0.1, 0.15) is 0 Å². The second-order valence-corrected chi connectivity index (χ2v) is 7.24. The molecule has 6 nitrogen and oxygen atoms in total. The number of guanidine groups is 1. The third kappa shape index (κ3) is 4.87. The average Bonchev–Trinajstić information content (AvgIpc) is 3.27. The predicted octanol–water partition coefficient (Wildman–Crippen LogP) is 1.47. The van der Waals surface area contributed by atoms with Gasteiger partial charge in [-0.1, -0.05) is 15.9 Å². The first-order valence-electron chi connectivity index (χ1n) is 8.41. The highest BCUT2D eigenvalue weighted by atomic mass is 79.9. The molecule has 1 aliphatic heterocycles. The fraction of sp³-hybridized carbons (Fsp3) is 0.529. The third-order valence-corrected chi connectivity index (χ3v) is 4.83. The first-order valence-corrected chi connectivity index (χ1v) is 9.20. The molecular formula is C17H24BrN5O. The Hall–Kier alpha value is -1.76. The first kappa shape index (κ1) is 17.1. The van der Waals surface area contributed by atoms with Crippen LogP contribution in [0.5, 0.6) is 0 Å². The summed E-state index contributed by atoms with van der Waals surface area (Å²) in [5.74, 6) is 0.715. The minimum absolute atomic E-state index is 0.0309. The predicted molar refractivity (Wildman–Crippen MR) is 100 cm³/mol. The quantitative estimate of drug-likeness (QED) is 0.523. The zero-order chi connectivity index (χ0) is 16.9. The van der Waals surface area contributed by atoms with E-state index in [1.54, 1.807) is 7.05 Å². The first-order chi connectivity index (χ1) is 11.6. The molecule has 1 saturated heterocycles. The van der Waals surface area contributed by atoms with Crippen molar-refractivity contribution in [1.29, 1.82) is 0 Å². The molecule has 1 aliphatic carbocycles. The summed E-state index contributed by atoms with van der Waals surface area (Å²) in [6, 6.07) is 9.10. The van der Waals surface area contributed by atoms with Crippen LogP contribution in [-0.4, -0.2) is 50.6 Å². The molecule has 3 rings (SSSR count). The van der Waals surface area contributed by atoms with E-state index in [0.717, 1.165) is 36.8 Å². The lowest BCUT2D eigenvalue weighted by Crippen LogP contribution is -2.47. The van der Waals surface area contributed by atoms with Crippen LogP contribution in [-0.2, 0) is 4.79 Å². The smallest absolute Gasteiger partial charge is 0.239 e. The summed E-state index contributed by atoms with van der Waals surface area (Å²) < 4.78 is 1.09. The van der Waals surface area contributed by atoms with Gasteiger partial charge in [-0.15, -0.1) is 0 Å².